The Labute approximate surface area is 126 Å². The van der Waals surface area contributed by atoms with Gasteiger partial charge in [-0.15, -0.1) is 0 Å². The molecule has 0 saturated carbocycles. The van der Waals surface area contributed by atoms with E-state index >= 15 is 0 Å². The highest BCUT2D eigenvalue weighted by molar-refractivity contribution is 5.75. The molecule has 1 rings (SSSR count). The van der Waals surface area contributed by atoms with Gasteiger partial charge in [-0.3, -0.25) is 9.59 Å². The van der Waals surface area contributed by atoms with Gasteiger partial charge in [-0.25, -0.2) is 0 Å². The van der Waals surface area contributed by atoms with Crippen molar-refractivity contribution in [3.63, 3.8) is 0 Å². The lowest BCUT2D eigenvalue weighted by Gasteiger charge is -2.09. The molecular formula is C17H24O4. The van der Waals surface area contributed by atoms with Gasteiger partial charge >= 0.3 is 11.9 Å². The molecule has 116 valence electrons. The van der Waals surface area contributed by atoms with Crippen molar-refractivity contribution in [1.82, 2.24) is 0 Å². The minimum atomic E-state index is -0.438. The average molecular weight is 292 g/mol. The molecule has 0 amide bonds. The van der Waals surface area contributed by atoms with Gasteiger partial charge in [0, 0.05) is 13.3 Å². The maximum absolute atomic E-state index is 11.8. The minimum absolute atomic E-state index is 0.276. The Morgan fingerprint density at radius 1 is 1.00 bits per heavy atom. The summed E-state index contributed by atoms with van der Waals surface area (Å²) in [7, 11) is 0. The Morgan fingerprint density at radius 2 is 1.62 bits per heavy atom. The van der Waals surface area contributed by atoms with Crippen molar-refractivity contribution in [2.24, 2.45) is 5.92 Å². The van der Waals surface area contributed by atoms with E-state index in [0.29, 0.717) is 18.1 Å². The fourth-order valence-corrected chi connectivity index (χ4v) is 1.95. The summed E-state index contributed by atoms with van der Waals surface area (Å²) >= 11 is 0. The number of carbonyl (C=O) groups is 2. The number of benzene rings is 1. The van der Waals surface area contributed by atoms with Crippen LogP contribution in [-0.4, -0.2) is 11.9 Å². The molecule has 0 aliphatic rings. The highest BCUT2D eigenvalue weighted by Gasteiger charge is 2.11. The number of ether oxygens (including phenoxy) is 2. The third kappa shape index (κ3) is 7.49. The monoisotopic (exact) mass is 292 g/mol. The molecule has 21 heavy (non-hydrogen) atoms. The van der Waals surface area contributed by atoms with Crippen molar-refractivity contribution >= 4 is 11.9 Å². The van der Waals surface area contributed by atoms with Crippen LogP contribution in [0, 0.1) is 5.92 Å². The lowest BCUT2D eigenvalue weighted by molar-refractivity contribution is -0.136. The predicted octanol–water partition coefficient (Wildman–Crippen LogP) is 4.12. The van der Waals surface area contributed by atoms with E-state index in [1.54, 1.807) is 24.3 Å². The van der Waals surface area contributed by atoms with Crippen LogP contribution in [0.5, 0.6) is 11.5 Å². The number of unbranched alkanes of at least 4 members (excludes halogenated alkanes) is 2. The summed E-state index contributed by atoms with van der Waals surface area (Å²) in [6, 6.07) is 6.68. The van der Waals surface area contributed by atoms with Crippen molar-refractivity contribution in [1.29, 1.82) is 0 Å². The van der Waals surface area contributed by atoms with Crippen molar-refractivity contribution < 1.29 is 19.1 Å². The van der Waals surface area contributed by atoms with Crippen LogP contribution in [0.3, 0.4) is 0 Å². The van der Waals surface area contributed by atoms with Crippen LogP contribution in [0.4, 0.5) is 0 Å². The van der Waals surface area contributed by atoms with Gasteiger partial charge in [-0.2, -0.15) is 0 Å². The van der Waals surface area contributed by atoms with Gasteiger partial charge in [0.25, 0.3) is 0 Å². The van der Waals surface area contributed by atoms with E-state index in [1.807, 2.05) is 0 Å². The van der Waals surface area contributed by atoms with Crippen LogP contribution >= 0.6 is 0 Å². The zero-order chi connectivity index (χ0) is 15.7. The fourth-order valence-electron chi connectivity index (χ4n) is 1.95. The molecule has 0 aliphatic heterocycles. The normalized spacial score (nSPS) is 10.5. The van der Waals surface area contributed by atoms with Gasteiger partial charge in [-0.1, -0.05) is 45.2 Å². The smallest absolute Gasteiger partial charge is 0.311 e. The molecule has 1 aromatic carbocycles. The molecule has 0 aliphatic carbocycles. The van der Waals surface area contributed by atoms with E-state index in [9.17, 15) is 9.59 Å². The summed E-state index contributed by atoms with van der Waals surface area (Å²) in [5.41, 5.74) is 0. The first-order valence-corrected chi connectivity index (χ1v) is 7.47. The van der Waals surface area contributed by atoms with Gasteiger partial charge < -0.3 is 9.47 Å². The van der Waals surface area contributed by atoms with Crippen LogP contribution in [0.25, 0.3) is 0 Å². The first-order chi connectivity index (χ1) is 9.99. The molecule has 4 nitrogen and oxygen atoms in total. The largest absolute Gasteiger partial charge is 0.423 e. The van der Waals surface area contributed by atoms with Crippen molar-refractivity contribution in [2.75, 3.05) is 0 Å². The number of hydrogen-bond donors (Lipinski definition) is 0. The van der Waals surface area contributed by atoms with E-state index < -0.39 is 5.97 Å². The van der Waals surface area contributed by atoms with Crippen LogP contribution < -0.4 is 9.47 Å². The summed E-state index contributed by atoms with van der Waals surface area (Å²) < 4.78 is 10.3. The zero-order valence-corrected chi connectivity index (χ0v) is 13.1. The molecule has 0 N–H and O–H groups in total. The van der Waals surface area contributed by atoms with Gasteiger partial charge in [0.2, 0.25) is 0 Å². The van der Waals surface area contributed by atoms with E-state index in [4.69, 9.17) is 9.47 Å². The summed E-state index contributed by atoms with van der Waals surface area (Å²) in [6.07, 6.45) is 4.55. The molecular weight excluding hydrogens is 268 g/mol. The lowest BCUT2D eigenvalue weighted by Crippen LogP contribution is -2.10. The molecule has 0 aromatic heterocycles. The SMILES string of the molecule is CC(=O)Oc1ccccc1OC(=O)CCCCCC(C)C. The van der Waals surface area contributed by atoms with E-state index in [1.165, 1.54) is 13.3 Å². The van der Waals surface area contributed by atoms with Crippen LogP contribution in [0.15, 0.2) is 24.3 Å². The number of para-hydroxylation sites is 2. The molecule has 0 spiro atoms. The Bertz CT molecular complexity index is 466. The molecule has 1 aromatic rings. The third-order valence-electron chi connectivity index (χ3n) is 2.99. The number of rotatable bonds is 8. The summed E-state index contributed by atoms with van der Waals surface area (Å²) in [5, 5.41) is 0. The average Bonchev–Trinajstić information content (AvgIpc) is 2.39. The van der Waals surface area contributed by atoms with E-state index in [2.05, 4.69) is 13.8 Å². The highest BCUT2D eigenvalue weighted by Crippen LogP contribution is 2.27. The second kappa shape index (κ2) is 9.16. The van der Waals surface area contributed by atoms with Gasteiger partial charge in [0.1, 0.15) is 0 Å². The topological polar surface area (TPSA) is 52.6 Å². The quantitative estimate of drug-likeness (QED) is 0.411. The van der Waals surface area contributed by atoms with Crippen molar-refractivity contribution in [3.05, 3.63) is 24.3 Å². The Balaban J connectivity index is 2.39. The summed E-state index contributed by atoms with van der Waals surface area (Å²) in [4.78, 5) is 22.8. The van der Waals surface area contributed by atoms with Crippen LogP contribution in [-0.2, 0) is 9.59 Å². The molecule has 0 bridgehead atoms. The number of esters is 2. The first-order valence-electron chi connectivity index (χ1n) is 7.47. The van der Waals surface area contributed by atoms with Crippen molar-refractivity contribution in [2.45, 2.75) is 52.9 Å². The van der Waals surface area contributed by atoms with Gasteiger partial charge in [0.05, 0.1) is 0 Å². The molecule has 0 unspecified atom stereocenters. The summed E-state index contributed by atoms with van der Waals surface area (Å²) in [5.74, 6) is 0.539. The Hall–Kier alpha value is -1.84. The minimum Gasteiger partial charge on any atom is -0.423 e. The van der Waals surface area contributed by atoms with Crippen molar-refractivity contribution in [3.8, 4) is 11.5 Å². The molecule has 0 radical (unpaired) electrons. The maximum Gasteiger partial charge on any atom is 0.311 e. The fraction of sp³-hybridized carbons (Fsp3) is 0.529. The Kier molecular flexibility index (Phi) is 7.51. The Morgan fingerprint density at radius 3 is 2.19 bits per heavy atom. The van der Waals surface area contributed by atoms with E-state index in [0.717, 1.165) is 19.3 Å². The molecule has 4 heteroatoms. The summed E-state index contributed by atoms with van der Waals surface area (Å²) in [6.45, 7) is 5.70. The number of carbonyl (C=O) groups excluding carboxylic acids is 2. The second-order valence-corrected chi connectivity index (χ2v) is 5.51. The molecule has 0 fully saturated rings. The standard InChI is InChI=1S/C17H24O4/c1-13(2)9-5-4-6-12-17(19)21-16-11-8-7-10-15(16)20-14(3)18/h7-8,10-11,13H,4-6,9,12H2,1-3H3. The van der Waals surface area contributed by atoms with Gasteiger partial charge in [-0.05, 0) is 24.5 Å². The first kappa shape index (κ1) is 17.2. The zero-order valence-electron chi connectivity index (χ0n) is 13.1. The molecule has 0 saturated heterocycles. The third-order valence-corrected chi connectivity index (χ3v) is 2.99. The highest BCUT2D eigenvalue weighted by atomic mass is 16.6. The maximum atomic E-state index is 11.8. The van der Waals surface area contributed by atoms with Crippen LogP contribution in [0.2, 0.25) is 0 Å². The van der Waals surface area contributed by atoms with Gasteiger partial charge in [0.15, 0.2) is 11.5 Å². The predicted molar refractivity (Wildman–Crippen MR) is 81.3 cm³/mol. The molecule has 0 atom stereocenters. The lowest BCUT2D eigenvalue weighted by atomic mass is 10.0. The molecule has 0 heterocycles. The second-order valence-electron chi connectivity index (χ2n) is 5.51. The van der Waals surface area contributed by atoms with E-state index in [-0.39, 0.29) is 11.7 Å². The van der Waals surface area contributed by atoms with Crippen LogP contribution in [0.1, 0.15) is 52.9 Å². The number of hydrogen-bond acceptors (Lipinski definition) is 4.